The van der Waals surface area contributed by atoms with Gasteiger partial charge < -0.3 is 5.32 Å². The van der Waals surface area contributed by atoms with Gasteiger partial charge in [-0.3, -0.25) is 4.18 Å². The van der Waals surface area contributed by atoms with Gasteiger partial charge in [0, 0.05) is 6.04 Å². The van der Waals surface area contributed by atoms with Crippen LogP contribution in [0.25, 0.3) is 0 Å². The molecule has 0 aromatic rings. The van der Waals surface area contributed by atoms with Crippen molar-refractivity contribution in [2.45, 2.75) is 25.3 Å². The highest BCUT2D eigenvalue weighted by atomic mass is 32.2. The Bertz CT molecular complexity index is 219. The van der Waals surface area contributed by atoms with Gasteiger partial charge >= 0.3 is 0 Å². The minimum Gasteiger partial charge on any atom is -0.312 e. The zero-order valence-electron chi connectivity index (χ0n) is 7.25. The standard InChI is InChI=1S/C7H15NO3S/c1-12(9,10)11-6-7-4-2-3-5-8-7/h7-8H,2-6H2,1H3. The van der Waals surface area contributed by atoms with Gasteiger partial charge in [-0.15, -0.1) is 0 Å². The maximum atomic E-state index is 10.6. The molecule has 0 bridgehead atoms. The number of hydrogen-bond donors (Lipinski definition) is 1. The zero-order valence-corrected chi connectivity index (χ0v) is 8.06. The molecule has 4 nitrogen and oxygen atoms in total. The molecule has 12 heavy (non-hydrogen) atoms. The second-order valence-corrected chi connectivity index (χ2v) is 4.78. The first kappa shape index (κ1) is 9.95. The highest BCUT2D eigenvalue weighted by Gasteiger charge is 2.14. The van der Waals surface area contributed by atoms with Crippen molar-refractivity contribution < 1.29 is 12.6 Å². The molecule has 1 unspecified atom stereocenters. The molecule has 1 aliphatic heterocycles. The van der Waals surface area contributed by atoms with Crippen LogP contribution >= 0.6 is 0 Å². The van der Waals surface area contributed by atoms with E-state index in [2.05, 4.69) is 9.50 Å². The van der Waals surface area contributed by atoms with E-state index in [9.17, 15) is 8.42 Å². The van der Waals surface area contributed by atoms with Gasteiger partial charge in [-0.2, -0.15) is 8.42 Å². The molecular formula is C7H15NO3S. The average Bonchev–Trinajstić information content (AvgIpc) is 2.02. The first-order chi connectivity index (χ1) is 5.58. The molecule has 72 valence electrons. The molecule has 1 aliphatic rings. The summed E-state index contributed by atoms with van der Waals surface area (Å²) < 4.78 is 25.9. The molecule has 0 radical (unpaired) electrons. The number of piperidine rings is 1. The molecule has 0 aromatic heterocycles. The lowest BCUT2D eigenvalue weighted by atomic mass is 10.1. The van der Waals surface area contributed by atoms with E-state index in [1.165, 1.54) is 6.42 Å². The van der Waals surface area contributed by atoms with Crippen LogP contribution in [0.3, 0.4) is 0 Å². The summed E-state index contributed by atoms with van der Waals surface area (Å²) in [7, 11) is -3.26. The van der Waals surface area contributed by atoms with Crippen molar-refractivity contribution in [3.05, 3.63) is 0 Å². The average molecular weight is 193 g/mol. The largest absolute Gasteiger partial charge is 0.312 e. The van der Waals surface area contributed by atoms with Gasteiger partial charge in [-0.25, -0.2) is 0 Å². The Morgan fingerprint density at radius 2 is 2.25 bits per heavy atom. The van der Waals surface area contributed by atoms with Crippen molar-refractivity contribution in [2.75, 3.05) is 19.4 Å². The third-order valence-corrected chi connectivity index (χ3v) is 2.46. The van der Waals surface area contributed by atoms with Crippen LogP contribution in [-0.2, 0) is 14.3 Å². The van der Waals surface area contributed by atoms with Gasteiger partial charge in [0.1, 0.15) is 0 Å². The summed E-state index contributed by atoms with van der Waals surface area (Å²) >= 11 is 0. The SMILES string of the molecule is CS(=O)(=O)OCC1CCCCN1. The Hall–Kier alpha value is -0.130. The molecule has 0 spiro atoms. The minimum absolute atomic E-state index is 0.216. The summed E-state index contributed by atoms with van der Waals surface area (Å²) in [6, 6.07) is 0.216. The Balaban J connectivity index is 2.22. The lowest BCUT2D eigenvalue weighted by molar-refractivity contribution is 0.245. The Morgan fingerprint density at radius 3 is 2.75 bits per heavy atom. The summed E-state index contributed by atoms with van der Waals surface area (Å²) in [5, 5.41) is 3.20. The summed E-state index contributed by atoms with van der Waals surface area (Å²) in [4.78, 5) is 0. The van der Waals surface area contributed by atoms with Crippen LogP contribution in [0.5, 0.6) is 0 Å². The van der Waals surface area contributed by atoms with Crippen molar-refractivity contribution in [1.29, 1.82) is 0 Å². The van der Waals surface area contributed by atoms with Gasteiger partial charge in [0.05, 0.1) is 12.9 Å². The number of hydrogen-bond acceptors (Lipinski definition) is 4. The third kappa shape index (κ3) is 4.04. The van der Waals surface area contributed by atoms with Gasteiger partial charge in [-0.1, -0.05) is 6.42 Å². The monoisotopic (exact) mass is 193 g/mol. The Kier molecular flexibility index (Phi) is 3.49. The van der Waals surface area contributed by atoms with Gasteiger partial charge in [0.2, 0.25) is 0 Å². The van der Waals surface area contributed by atoms with E-state index in [0.29, 0.717) is 0 Å². The minimum atomic E-state index is -3.26. The molecule has 1 saturated heterocycles. The fourth-order valence-electron chi connectivity index (χ4n) is 1.27. The molecule has 1 N–H and O–H groups in total. The molecule has 1 atom stereocenters. The number of nitrogens with one attached hydrogen (secondary N) is 1. The van der Waals surface area contributed by atoms with Crippen molar-refractivity contribution >= 4 is 10.1 Å². The maximum absolute atomic E-state index is 10.6. The van der Waals surface area contributed by atoms with E-state index >= 15 is 0 Å². The van der Waals surface area contributed by atoms with Crippen molar-refractivity contribution in [1.82, 2.24) is 5.32 Å². The number of rotatable bonds is 3. The molecule has 1 heterocycles. The summed E-state index contributed by atoms with van der Waals surface area (Å²) in [6.45, 7) is 1.25. The second-order valence-electron chi connectivity index (χ2n) is 3.14. The van der Waals surface area contributed by atoms with E-state index in [1.807, 2.05) is 0 Å². The fourth-order valence-corrected chi connectivity index (χ4v) is 1.68. The Morgan fingerprint density at radius 1 is 1.50 bits per heavy atom. The molecule has 0 aliphatic carbocycles. The topological polar surface area (TPSA) is 55.4 Å². The van der Waals surface area contributed by atoms with E-state index < -0.39 is 10.1 Å². The maximum Gasteiger partial charge on any atom is 0.264 e. The van der Waals surface area contributed by atoms with Crippen LogP contribution in [0.2, 0.25) is 0 Å². The predicted molar refractivity (Wildman–Crippen MR) is 46.4 cm³/mol. The van der Waals surface area contributed by atoms with Crippen molar-refractivity contribution in [3.8, 4) is 0 Å². The van der Waals surface area contributed by atoms with Gasteiger partial charge in [0.25, 0.3) is 10.1 Å². The van der Waals surface area contributed by atoms with Crippen LogP contribution in [0.15, 0.2) is 0 Å². The third-order valence-electron chi connectivity index (χ3n) is 1.90. The van der Waals surface area contributed by atoms with Gasteiger partial charge in [-0.05, 0) is 19.4 Å². The normalized spacial score (nSPS) is 25.6. The van der Waals surface area contributed by atoms with E-state index in [-0.39, 0.29) is 12.6 Å². The summed E-state index contributed by atoms with van der Waals surface area (Å²) in [6.07, 6.45) is 4.42. The van der Waals surface area contributed by atoms with Crippen molar-refractivity contribution in [3.63, 3.8) is 0 Å². The molecule has 1 fully saturated rings. The van der Waals surface area contributed by atoms with E-state index in [1.54, 1.807) is 0 Å². The first-order valence-electron chi connectivity index (χ1n) is 4.16. The first-order valence-corrected chi connectivity index (χ1v) is 5.97. The van der Waals surface area contributed by atoms with Crippen LogP contribution in [-0.4, -0.2) is 33.9 Å². The molecule has 1 rings (SSSR count). The van der Waals surface area contributed by atoms with E-state index in [4.69, 9.17) is 0 Å². The molecular weight excluding hydrogens is 178 g/mol. The lowest BCUT2D eigenvalue weighted by Crippen LogP contribution is -2.38. The molecule has 0 saturated carbocycles. The van der Waals surface area contributed by atoms with Crippen LogP contribution in [0, 0.1) is 0 Å². The quantitative estimate of drug-likeness (QED) is 0.646. The summed E-state index contributed by atoms with van der Waals surface area (Å²) in [5.74, 6) is 0. The lowest BCUT2D eigenvalue weighted by Gasteiger charge is -2.22. The van der Waals surface area contributed by atoms with E-state index in [0.717, 1.165) is 25.6 Å². The molecule has 0 aromatic carbocycles. The highest BCUT2D eigenvalue weighted by Crippen LogP contribution is 2.07. The predicted octanol–water partition coefficient (Wildman–Crippen LogP) is 0.105. The van der Waals surface area contributed by atoms with Crippen LogP contribution in [0.1, 0.15) is 19.3 Å². The molecule has 0 amide bonds. The fraction of sp³-hybridized carbons (Fsp3) is 1.00. The van der Waals surface area contributed by atoms with Crippen LogP contribution < -0.4 is 5.32 Å². The highest BCUT2D eigenvalue weighted by molar-refractivity contribution is 7.85. The molecule has 5 heteroatoms. The van der Waals surface area contributed by atoms with Crippen LogP contribution in [0.4, 0.5) is 0 Å². The Labute approximate surface area is 73.4 Å². The summed E-state index contributed by atoms with van der Waals surface area (Å²) in [5.41, 5.74) is 0. The smallest absolute Gasteiger partial charge is 0.264 e. The van der Waals surface area contributed by atoms with Crippen molar-refractivity contribution in [2.24, 2.45) is 0 Å². The second kappa shape index (κ2) is 4.20. The van der Waals surface area contributed by atoms with Gasteiger partial charge in [0.15, 0.2) is 0 Å². The zero-order chi connectivity index (χ0) is 9.03.